The summed E-state index contributed by atoms with van der Waals surface area (Å²) >= 11 is 1.47. The molecule has 1 aliphatic rings. The van der Waals surface area contributed by atoms with Crippen LogP contribution in [0.25, 0.3) is 0 Å². The molecule has 0 fully saturated rings. The summed E-state index contributed by atoms with van der Waals surface area (Å²) in [5.41, 5.74) is 2.68. The van der Waals surface area contributed by atoms with E-state index in [-0.39, 0.29) is 5.97 Å². The van der Waals surface area contributed by atoms with Gasteiger partial charge in [0.25, 0.3) is 0 Å². The number of hydrogen-bond donors (Lipinski definition) is 0. The predicted octanol–water partition coefficient (Wildman–Crippen LogP) is 2.91. The number of carbonyl (C=O) groups is 1. The van der Waals surface area contributed by atoms with Gasteiger partial charge < -0.3 is 14.5 Å². The van der Waals surface area contributed by atoms with Gasteiger partial charge in [0, 0.05) is 25.5 Å². The van der Waals surface area contributed by atoms with E-state index in [9.17, 15) is 4.79 Å². The third kappa shape index (κ3) is 2.58. The molecule has 0 unspecified atom stereocenters. The van der Waals surface area contributed by atoms with Crippen LogP contribution in [0.3, 0.4) is 0 Å². The third-order valence-electron chi connectivity index (χ3n) is 3.45. The van der Waals surface area contributed by atoms with Crippen molar-refractivity contribution in [2.45, 2.75) is 6.92 Å². The van der Waals surface area contributed by atoms with E-state index in [0.717, 1.165) is 23.9 Å². The first kappa shape index (κ1) is 13.9. The fraction of sp³-hybridized carbons (Fsp3) is 0.333. The molecule has 2 heterocycles. The van der Waals surface area contributed by atoms with E-state index in [1.54, 1.807) is 12.3 Å². The molecule has 1 aromatic carbocycles. The highest BCUT2D eigenvalue weighted by Crippen LogP contribution is 2.37. The lowest BCUT2D eigenvalue weighted by atomic mass is 10.2. The summed E-state index contributed by atoms with van der Waals surface area (Å²) in [5.74, 6) is -0.359. The maximum absolute atomic E-state index is 11.7. The summed E-state index contributed by atoms with van der Waals surface area (Å²) in [6.07, 6.45) is 0. The van der Waals surface area contributed by atoms with Crippen molar-refractivity contribution >= 4 is 33.8 Å². The van der Waals surface area contributed by atoms with Crippen molar-refractivity contribution in [3.63, 3.8) is 0 Å². The molecule has 5 nitrogen and oxygen atoms in total. The molecule has 0 amide bonds. The predicted molar refractivity (Wildman–Crippen MR) is 84.8 cm³/mol. The third-order valence-corrected chi connectivity index (χ3v) is 4.31. The van der Waals surface area contributed by atoms with Crippen molar-refractivity contribution < 1.29 is 9.53 Å². The van der Waals surface area contributed by atoms with Gasteiger partial charge in [-0.05, 0) is 19.1 Å². The minimum Gasteiger partial charge on any atom is -0.461 e. The first-order valence-electron chi connectivity index (χ1n) is 6.91. The van der Waals surface area contributed by atoms with Crippen LogP contribution < -0.4 is 9.80 Å². The molecule has 0 radical (unpaired) electrons. The molecule has 0 N–H and O–H groups in total. The zero-order valence-electron chi connectivity index (χ0n) is 12.1. The van der Waals surface area contributed by atoms with E-state index < -0.39 is 0 Å². The summed E-state index contributed by atoms with van der Waals surface area (Å²) in [7, 11) is 2.09. The van der Waals surface area contributed by atoms with Crippen LogP contribution in [0.4, 0.5) is 16.5 Å². The summed E-state index contributed by atoms with van der Waals surface area (Å²) in [6.45, 7) is 3.93. The van der Waals surface area contributed by atoms with Crippen LogP contribution in [0.1, 0.15) is 17.4 Å². The number of esters is 1. The summed E-state index contributed by atoms with van der Waals surface area (Å²) < 4.78 is 4.99. The fourth-order valence-electron chi connectivity index (χ4n) is 2.39. The maximum Gasteiger partial charge on any atom is 0.357 e. The van der Waals surface area contributed by atoms with Crippen LogP contribution in [0.15, 0.2) is 29.6 Å². The van der Waals surface area contributed by atoms with Gasteiger partial charge in [-0.15, -0.1) is 11.3 Å². The number of nitrogens with zero attached hydrogens (tertiary/aromatic N) is 3. The number of fused-ring (bicyclic) bond motifs is 1. The van der Waals surface area contributed by atoms with E-state index >= 15 is 0 Å². The highest BCUT2D eigenvalue weighted by Gasteiger charge is 2.24. The van der Waals surface area contributed by atoms with Crippen molar-refractivity contribution in [2.75, 3.05) is 36.5 Å². The molecular formula is C15H17N3O2S. The molecule has 6 heteroatoms. The fourth-order valence-corrected chi connectivity index (χ4v) is 3.23. The van der Waals surface area contributed by atoms with E-state index in [1.807, 2.05) is 12.1 Å². The van der Waals surface area contributed by atoms with Gasteiger partial charge in [-0.1, -0.05) is 12.1 Å². The van der Waals surface area contributed by atoms with Crippen LogP contribution in [-0.4, -0.2) is 37.7 Å². The lowest BCUT2D eigenvalue weighted by molar-refractivity contribution is 0.0520. The second-order valence-electron chi connectivity index (χ2n) is 4.80. The number of carbonyl (C=O) groups excluding carboxylic acids is 1. The second-order valence-corrected chi connectivity index (χ2v) is 5.63. The van der Waals surface area contributed by atoms with Gasteiger partial charge in [-0.25, -0.2) is 9.78 Å². The molecule has 1 aromatic heterocycles. The number of likely N-dealkylation sites (N-methyl/N-ethyl adjacent to an activating group) is 1. The highest BCUT2D eigenvalue weighted by molar-refractivity contribution is 7.14. The van der Waals surface area contributed by atoms with Crippen molar-refractivity contribution in [3.8, 4) is 0 Å². The maximum atomic E-state index is 11.7. The number of ether oxygens (including phenoxy) is 1. The van der Waals surface area contributed by atoms with Crippen molar-refractivity contribution in [3.05, 3.63) is 35.3 Å². The molecule has 21 heavy (non-hydrogen) atoms. The topological polar surface area (TPSA) is 45.7 Å². The molecular weight excluding hydrogens is 286 g/mol. The molecule has 0 bridgehead atoms. The Kier molecular flexibility index (Phi) is 3.79. The largest absolute Gasteiger partial charge is 0.461 e. The minimum atomic E-state index is -0.359. The van der Waals surface area contributed by atoms with E-state index in [1.165, 1.54) is 17.0 Å². The Morgan fingerprint density at radius 3 is 2.86 bits per heavy atom. The summed E-state index contributed by atoms with van der Waals surface area (Å²) in [4.78, 5) is 20.5. The molecule has 110 valence electrons. The zero-order chi connectivity index (χ0) is 14.8. The molecule has 0 aliphatic carbocycles. The average Bonchev–Trinajstić information content (AvgIpc) is 2.98. The second kappa shape index (κ2) is 5.73. The normalized spacial score (nSPS) is 14.0. The Balaban J connectivity index is 1.92. The first-order valence-corrected chi connectivity index (χ1v) is 7.79. The molecule has 0 atom stereocenters. The van der Waals surface area contributed by atoms with Gasteiger partial charge in [0.15, 0.2) is 10.8 Å². The van der Waals surface area contributed by atoms with Crippen molar-refractivity contribution in [2.24, 2.45) is 0 Å². The first-order chi connectivity index (χ1) is 10.2. The molecule has 2 aromatic rings. The van der Waals surface area contributed by atoms with Crippen LogP contribution in [0, 0.1) is 0 Å². The zero-order valence-corrected chi connectivity index (χ0v) is 12.9. The lowest BCUT2D eigenvalue weighted by Crippen LogP contribution is -2.36. The SMILES string of the molecule is CCOC(=O)c1csc(N2CCN(C)c3ccccc32)n1. The minimum absolute atomic E-state index is 0.359. The van der Waals surface area contributed by atoms with Gasteiger partial charge in [-0.3, -0.25) is 0 Å². The van der Waals surface area contributed by atoms with Gasteiger partial charge in [0.2, 0.25) is 0 Å². The molecule has 3 rings (SSSR count). The van der Waals surface area contributed by atoms with Crippen LogP contribution in [0.5, 0.6) is 0 Å². The van der Waals surface area contributed by atoms with Crippen LogP contribution >= 0.6 is 11.3 Å². The van der Waals surface area contributed by atoms with E-state index in [2.05, 4.69) is 34.0 Å². The molecule has 0 spiro atoms. The molecule has 0 saturated heterocycles. The van der Waals surface area contributed by atoms with Crippen LogP contribution in [-0.2, 0) is 4.74 Å². The van der Waals surface area contributed by atoms with Crippen LogP contribution in [0.2, 0.25) is 0 Å². The number of para-hydroxylation sites is 2. The van der Waals surface area contributed by atoms with Gasteiger partial charge in [0.05, 0.1) is 18.0 Å². The summed E-state index contributed by atoms with van der Waals surface area (Å²) in [6, 6.07) is 8.23. The average molecular weight is 303 g/mol. The number of rotatable bonds is 3. The van der Waals surface area contributed by atoms with Crippen molar-refractivity contribution in [1.29, 1.82) is 0 Å². The number of thiazole rings is 1. The highest BCUT2D eigenvalue weighted by atomic mass is 32.1. The number of aromatic nitrogens is 1. The Morgan fingerprint density at radius 2 is 2.10 bits per heavy atom. The standard InChI is InChI=1S/C15H17N3O2S/c1-3-20-14(19)11-10-21-15(16-11)18-9-8-17(2)12-6-4-5-7-13(12)18/h4-7,10H,3,8-9H2,1-2H3. The summed E-state index contributed by atoms with van der Waals surface area (Å²) in [5, 5.41) is 2.59. The van der Waals surface area contributed by atoms with Gasteiger partial charge in [-0.2, -0.15) is 0 Å². The smallest absolute Gasteiger partial charge is 0.357 e. The molecule has 0 saturated carbocycles. The number of hydrogen-bond acceptors (Lipinski definition) is 6. The Hall–Kier alpha value is -2.08. The van der Waals surface area contributed by atoms with Gasteiger partial charge in [0.1, 0.15) is 0 Å². The van der Waals surface area contributed by atoms with E-state index in [4.69, 9.17) is 4.74 Å². The Bertz CT molecular complexity index is 656. The quantitative estimate of drug-likeness (QED) is 0.816. The van der Waals surface area contributed by atoms with Gasteiger partial charge >= 0.3 is 5.97 Å². The number of anilines is 3. The Labute approximate surface area is 127 Å². The van der Waals surface area contributed by atoms with Crippen molar-refractivity contribution in [1.82, 2.24) is 4.98 Å². The Morgan fingerprint density at radius 1 is 1.33 bits per heavy atom. The lowest BCUT2D eigenvalue weighted by Gasteiger charge is -2.35. The van der Waals surface area contributed by atoms with E-state index in [0.29, 0.717) is 12.3 Å². The monoisotopic (exact) mass is 303 g/mol. The number of benzene rings is 1. The molecule has 1 aliphatic heterocycles.